The zero-order valence-corrected chi connectivity index (χ0v) is 18.8. The summed E-state index contributed by atoms with van der Waals surface area (Å²) in [5, 5.41) is 17.7. The van der Waals surface area contributed by atoms with Crippen LogP contribution >= 0.6 is 11.6 Å². The zero-order chi connectivity index (χ0) is 23.6. The maximum absolute atomic E-state index is 12.6. The van der Waals surface area contributed by atoms with E-state index >= 15 is 0 Å². The van der Waals surface area contributed by atoms with Gasteiger partial charge in [0.15, 0.2) is 0 Å². The van der Waals surface area contributed by atoms with Crippen LogP contribution in [0.3, 0.4) is 0 Å². The number of benzene rings is 1. The van der Waals surface area contributed by atoms with Crippen LogP contribution in [0.2, 0.25) is 5.02 Å². The highest BCUT2D eigenvalue weighted by molar-refractivity contribution is 6.34. The summed E-state index contributed by atoms with van der Waals surface area (Å²) in [6.45, 7) is 0.495. The van der Waals surface area contributed by atoms with E-state index in [4.69, 9.17) is 16.7 Å². The fourth-order valence-electron chi connectivity index (χ4n) is 3.33. The van der Waals surface area contributed by atoms with Crippen molar-refractivity contribution in [2.24, 2.45) is 4.99 Å². The number of hydrogen-bond acceptors (Lipinski definition) is 6. The number of amidine groups is 1. The van der Waals surface area contributed by atoms with Crippen molar-refractivity contribution in [2.75, 3.05) is 23.7 Å². The molecular weight excluding hydrogens is 446 g/mol. The molecule has 1 aliphatic heterocycles. The van der Waals surface area contributed by atoms with Gasteiger partial charge in [0.1, 0.15) is 11.7 Å². The van der Waals surface area contributed by atoms with Gasteiger partial charge >= 0.3 is 5.97 Å². The second-order valence-corrected chi connectivity index (χ2v) is 8.00. The number of rotatable bonds is 8. The summed E-state index contributed by atoms with van der Waals surface area (Å²) in [6, 6.07) is 8.20. The molecule has 174 valence electrons. The number of nitrogens with one attached hydrogen (secondary N) is 3. The summed E-state index contributed by atoms with van der Waals surface area (Å²) in [5.41, 5.74) is 1.55. The minimum atomic E-state index is -0.939. The van der Waals surface area contributed by atoms with Gasteiger partial charge in [-0.15, -0.1) is 0 Å². The molecule has 0 spiro atoms. The van der Waals surface area contributed by atoms with Crippen LogP contribution in [0.25, 0.3) is 0 Å². The van der Waals surface area contributed by atoms with Crippen molar-refractivity contribution in [3.8, 4) is 0 Å². The molecule has 10 heteroatoms. The zero-order valence-electron chi connectivity index (χ0n) is 18.1. The Morgan fingerprint density at radius 3 is 2.79 bits per heavy atom. The third-order valence-corrected chi connectivity index (χ3v) is 5.38. The van der Waals surface area contributed by atoms with Crippen LogP contribution in [0.4, 0.5) is 11.5 Å². The van der Waals surface area contributed by atoms with E-state index in [0.717, 1.165) is 38.1 Å². The Labute approximate surface area is 196 Å². The van der Waals surface area contributed by atoms with Gasteiger partial charge in [0, 0.05) is 31.1 Å². The molecule has 0 bridgehead atoms. The van der Waals surface area contributed by atoms with E-state index in [9.17, 15) is 14.4 Å². The van der Waals surface area contributed by atoms with Gasteiger partial charge < -0.3 is 21.1 Å². The molecule has 33 heavy (non-hydrogen) atoms. The Bertz CT molecular complexity index is 1060. The molecule has 4 N–H and O–H groups in total. The van der Waals surface area contributed by atoms with Crippen molar-refractivity contribution >= 4 is 46.7 Å². The van der Waals surface area contributed by atoms with Gasteiger partial charge in [-0.05, 0) is 49.1 Å². The highest BCUT2D eigenvalue weighted by Crippen LogP contribution is 2.24. The third kappa shape index (κ3) is 7.57. The summed E-state index contributed by atoms with van der Waals surface area (Å²) in [6.07, 6.45) is 5.72. The van der Waals surface area contributed by atoms with Gasteiger partial charge in [-0.1, -0.05) is 24.1 Å². The quantitative estimate of drug-likeness (QED) is 0.465. The van der Waals surface area contributed by atoms with E-state index < -0.39 is 17.8 Å². The lowest BCUT2D eigenvalue weighted by molar-refractivity contribution is -0.137. The number of anilines is 2. The van der Waals surface area contributed by atoms with E-state index in [0.29, 0.717) is 21.8 Å². The van der Waals surface area contributed by atoms with Crippen molar-refractivity contribution in [3.63, 3.8) is 0 Å². The van der Waals surface area contributed by atoms with E-state index in [-0.39, 0.29) is 25.2 Å². The molecule has 3 rings (SSSR count). The SMILES string of the molecule is O=C(O)CCc1cccnc1NC(=O)CNC(=O)c1ccc(Cl)c(NC2=NCCCCC2)c1. The smallest absolute Gasteiger partial charge is 0.303 e. The molecular formula is C23H26ClN5O4. The van der Waals surface area contributed by atoms with Gasteiger partial charge in [0.05, 0.1) is 17.3 Å². The number of amides is 2. The number of carbonyl (C=O) groups is 3. The summed E-state index contributed by atoms with van der Waals surface area (Å²) in [5.74, 6) is -0.717. The van der Waals surface area contributed by atoms with E-state index in [1.165, 1.54) is 6.20 Å². The van der Waals surface area contributed by atoms with Crippen LogP contribution < -0.4 is 16.0 Å². The molecule has 1 aliphatic rings. The largest absolute Gasteiger partial charge is 0.481 e. The first-order valence-electron chi connectivity index (χ1n) is 10.8. The molecule has 0 atom stereocenters. The number of pyridine rings is 1. The van der Waals surface area contributed by atoms with Gasteiger partial charge in [-0.3, -0.25) is 19.4 Å². The summed E-state index contributed by atoms with van der Waals surface area (Å²) < 4.78 is 0. The number of aryl methyl sites for hydroxylation is 1. The molecule has 2 heterocycles. The monoisotopic (exact) mass is 471 g/mol. The number of aliphatic carboxylic acids is 1. The van der Waals surface area contributed by atoms with Gasteiger partial charge in [0.2, 0.25) is 5.91 Å². The van der Waals surface area contributed by atoms with Crippen molar-refractivity contribution in [1.29, 1.82) is 0 Å². The van der Waals surface area contributed by atoms with Gasteiger partial charge in [0.25, 0.3) is 5.91 Å². The lowest BCUT2D eigenvalue weighted by Crippen LogP contribution is -2.33. The number of halogens is 1. The lowest BCUT2D eigenvalue weighted by atomic mass is 10.1. The number of aromatic nitrogens is 1. The highest BCUT2D eigenvalue weighted by atomic mass is 35.5. The van der Waals surface area contributed by atoms with Crippen LogP contribution in [0.15, 0.2) is 41.5 Å². The van der Waals surface area contributed by atoms with E-state index in [1.54, 1.807) is 30.3 Å². The molecule has 0 fully saturated rings. The average Bonchev–Trinajstić information content (AvgIpc) is 3.07. The maximum atomic E-state index is 12.6. The number of aliphatic imine (C=N–C) groups is 1. The number of carbonyl (C=O) groups excluding carboxylic acids is 2. The molecule has 2 aromatic rings. The molecule has 9 nitrogen and oxygen atoms in total. The fraction of sp³-hybridized carbons (Fsp3) is 0.348. The Balaban J connectivity index is 1.58. The third-order valence-electron chi connectivity index (χ3n) is 5.05. The second kappa shape index (κ2) is 12.0. The molecule has 0 saturated heterocycles. The molecule has 1 aromatic carbocycles. The summed E-state index contributed by atoms with van der Waals surface area (Å²) >= 11 is 6.28. The number of nitrogens with zero attached hydrogens (tertiary/aromatic N) is 2. The Morgan fingerprint density at radius 1 is 1.12 bits per heavy atom. The van der Waals surface area contributed by atoms with Crippen LogP contribution in [-0.4, -0.2) is 46.8 Å². The van der Waals surface area contributed by atoms with Crippen molar-refractivity contribution in [2.45, 2.75) is 38.5 Å². The predicted molar refractivity (Wildman–Crippen MR) is 127 cm³/mol. The summed E-state index contributed by atoms with van der Waals surface area (Å²) in [7, 11) is 0. The molecule has 0 unspecified atom stereocenters. The fourth-order valence-corrected chi connectivity index (χ4v) is 3.49. The van der Waals surface area contributed by atoms with E-state index in [1.807, 2.05) is 0 Å². The normalized spacial score (nSPS) is 13.4. The molecule has 1 aromatic heterocycles. The van der Waals surface area contributed by atoms with Crippen molar-refractivity contribution < 1.29 is 19.5 Å². The van der Waals surface area contributed by atoms with Crippen LogP contribution in [0.1, 0.15) is 48.0 Å². The van der Waals surface area contributed by atoms with Crippen LogP contribution in [0.5, 0.6) is 0 Å². The minimum Gasteiger partial charge on any atom is -0.481 e. The molecule has 0 aliphatic carbocycles. The van der Waals surface area contributed by atoms with E-state index in [2.05, 4.69) is 25.9 Å². The number of hydrogen-bond donors (Lipinski definition) is 4. The molecule has 0 radical (unpaired) electrons. The number of carboxylic acids is 1. The van der Waals surface area contributed by atoms with Crippen molar-refractivity contribution in [1.82, 2.24) is 10.3 Å². The first kappa shape index (κ1) is 24.2. The molecule has 2 amide bonds. The highest BCUT2D eigenvalue weighted by Gasteiger charge is 2.14. The summed E-state index contributed by atoms with van der Waals surface area (Å²) in [4.78, 5) is 44.3. The predicted octanol–water partition coefficient (Wildman–Crippen LogP) is 3.51. The Kier molecular flexibility index (Phi) is 8.77. The second-order valence-electron chi connectivity index (χ2n) is 7.59. The first-order chi connectivity index (χ1) is 15.9. The van der Waals surface area contributed by atoms with Crippen LogP contribution in [-0.2, 0) is 16.0 Å². The maximum Gasteiger partial charge on any atom is 0.303 e. The van der Waals surface area contributed by atoms with Gasteiger partial charge in [-0.2, -0.15) is 0 Å². The lowest BCUT2D eigenvalue weighted by Gasteiger charge is -2.12. The minimum absolute atomic E-state index is 0.0787. The van der Waals surface area contributed by atoms with Gasteiger partial charge in [-0.25, -0.2) is 4.98 Å². The van der Waals surface area contributed by atoms with Crippen LogP contribution in [0, 0.1) is 0 Å². The Morgan fingerprint density at radius 2 is 1.97 bits per heavy atom. The standard InChI is InChI=1S/C23H26ClN5O4/c24-17-9-7-16(13-18(17)28-19-6-2-1-3-11-25-19)23(33)27-14-20(30)29-22-15(5-4-12-26-22)8-10-21(31)32/h4-5,7,9,12-13H,1-3,6,8,10-11,14H2,(H,25,28)(H,27,33)(H,31,32)(H,26,29,30). The topological polar surface area (TPSA) is 133 Å². The molecule has 0 saturated carbocycles. The first-order valence-corrected chi connectivity index (χ1v) is 11.1. The van der Waals surface area contributed by atoms with Crippen molar-refractivity contribution in [3.05, 3.63) is 52.7 Å². The number of carboxylic acid groups (broad SMARTS) is 1. The Hall–Kier alpha value is -3.46. The average molecular weight is 472 g/mol.